The number of anilines is 3. The lowest BCUT2D eigenvalue weighted by Crippen LogP contribution is -2.04. The Morgan fingerprint density at radius 2 is 1.18 bits per heavy atom. The average Bonchev–Trinajstić information content (AvgIpc) is 3.03. The Hall–Kier alpha value is -4.34. The molecule has 138 valence electrons. The summed E-state index contributed by atoms with van der Waals surface area (Å²) in [5.41, 5.74) is 20.3. The Morgan fingerprint density at radius 1 is 0.643 bits per heavy atom. The van der Waals surface area contributed by atoms with E-state index in [0.717, 1.165) is 0 Å². The second kappa shape index (κ2) is 7.11. The molecule has 0 fully saturated rings. The van der Waals surface area contributed by atoms with Crippen molar-refractivity contribution in [2.24, 2.45) is 20.5 Å². The molecule has 0 aliphatic heterocycles. The minimum absolute atomic E-state index is 0.0840. The highest BCUT2D eigenvalue weighted by Gasteiger charge is 2.18. The van der Waals surface area contributed by atoms with Crippen molar-refractivity contribution < 1.29 is 0 Å². The van der Waals surface area contributed by atoms with Crippen molar-refractivity contribution in [1.29, 1.82) is 0 Å². The summed E-state index contributed by atoms with van der Waals surface area (Å²) in [6, 6.07) is 18.4. The molecule has 2 aromatic heterocycles. The zero-order valence-electron chi connectivity index (χ0n) is 14.6. The molecule has 2 heterocycles. The predicted octanol–water partition coefficient (Wildman–Crippen LogP) is 4.31. The smallest absolute Gasteiger partial charge is 0.189 e. The highest BCUT2D eigenvalue weighted by molar-refractivity contribution is 5.83. The fourth-order valence-electron chi connectivity index (χ4n) is 2.49. The number of rotatable bonds is 4. The third-order valence-electron chi connectivity index (χ3n) is 3.85. The second-order valence-corrected chi connectivity index (χ2v) is 5.77. The number of hydrogen-bond acceptors (Lipinski definition) is 9. The Kier molecular flexibility index (Phi) is 4.34. The first-order valence-corrected chi connectivity index (χ1v) is 8.30. The largest absolute Gasteiger partial charge is 0.382 e. The molecule has 0 bridgehead atoms. The first-order valence-electron chi connectivity index (χ1n) is 8.30. The molecule has 10 heteroatoms. The zero-order valence-corrected chi connectivity index (χ0v) is 14.6. The van der Waals surface area contributed by atoms with Crippen molar-refractivity contribution >= 4 is 45.9 Å². The van der Waals surface area contributed by atoms with Gasteiger partial charge in [-0.15, -0.1) is 15.3 Å². The maximum absolute atomic E-state index is 6.17. The van der Waals surface area contributed by atoms with Crippen LogP contribution < -0.4 is 17.2 Å². The van der Waals surface area contributed by atoms with Crippen LogP contribution in [0, 0.1) is 0 Å². The van der Waals surface area contributed by atoms with Gasteiger partial charge in [-0.05, 0) is 24.3 Å². The molecule has 28 heavy (non-hydrogen) atoms. The Labute approximate surface area is 159 Å². The summed E-state index contributed by atoms with van der Waals surface area (Å²) in [7, 11) is 0. The van der Waals surface area contributed by atoms with Gasteiger partial charge in [-0.1, -0.05) is 36.4 Å². The van der Waals surface area contributed by atoms with E-state index in [1.807, 2.05) is 48.5 Å². The summed E-state index contributed by atoms with van der Waals surface area (Å²) in [6.07, 6.45) is 0. The normalized spacial score (nSPS) is 11.7. The van der Waals surface area contributed by atoms with Crippen LogP contribution in [0.3, 0.4) is 0 Å². The lowest BCUT2D eigenvalue weighted by atomic mass is 10.3. The number of benzene rings is 2. The molecule has 10 nitrogen and oxygen atoms in total. The molecule has 6 N–H and O–H groups in total. The van der Waals surface area contributed by atoms with Crippen molar-refractivity contribution in [3.8, 4) is 0 Å². The van der Waals surface area contributed by atoms with Gasteiger partial charge in [0.15, 0.2) is 34.5 Å². The van der Waals surface area contributed by atoms with Gasteiger partial charge >= 0.3 is 0 Å². The van der Waals surface area contributed by atoms with Gasteiger partial charge in [0.05, 0.1) is 11.4 Å². The molecular formula is C18H16N10. The zero-order chi connectivity index (χ0) is 19.5. The Balaban J connectivity index is 1.76. The van der Waals surface area contributed by atoms with Crippen molar-refractivity contribution in [3.63, 3.8) is 0 Å². The number of nitrogens with two attached hydrogens (primary N) is 3. The van der Waals surface area contributed by atoms with Crippen molar-refractivity contribution in [2.75, 3.05) is 17.2 Å². The van der Waals surface area contributed by atoms with Gasteiger partial charge in [0, 0.05) is 0 Å². The first-order chi connectivity index (χ1) is 13.6. The van der Waals surface area contributed by atoms with Crippen LogP contribution in [-0.2, 0) is 0 Å². The van der Waals surface area contributed by atoms with Gasteiger partial charge in [-0.25, -0.2) is 4.98 Å². The molecule has 0 spiro atoms. The van der Waals surface area contributed by atoms with E-state index in [9.17, 15) is 0 Å². The van der Waals surface area contributed by atoms with E-state index >= 15 is 0 Å². The van der Waals surface area contributed by atoms with E-state index in [2.05, 4.69) is 30.5 Å². The minimum atomic E-state index is 0.0840. The number of aromatic nitrogens is 3. The van der Waals surface area contributed by atoms with Gasteiger partial charge < -0.3 is 17.2 Å². The lowest BCUT2D eigenvalue weighted by molar-refractivity contribution is 0.955. The average molecular weight is 372 g/mol. The Bertz CT molecular complexity index is 1180. The first kappa shape index (κ1) is 17.1. The molecule has 0 atom stereocenters. The van der Waals surface area contributed by atoms with Gasteiger partial charge in [-0.2, -0.15) is 14.7 Å². The molecular weight excluding hydrogens is 356 g/mol. The van der Waals surface area contributed by atoms with E-state index in [1.165, 1.54) is 4.52 Å². The lowest BCUT2D eigenvalue weighted by Gasteiger charge is -2.05. The summed E-state index contributed by atoms with van der Waals surface area (Å²) >= 11 is 0. The second-order valence-electron chi connectivity index (χ2n) is 5.77. The number of azo groups is 2. The number of hydrogen-bond donors (Lipinski definition) is 3. The maximum atomic E-state index is 6.17. The molecule has 2 aromatic carbocycles. The van der Waals surface area contributed by atoms with Crippen LogP contribution in [0.4, 0.5) is 40.2 Å². The predicted molar refractivity (Wildman–Crippen MR) is 107 cm³/mol. The van der Waals surface area contributed by atoms with Crippen LogP contribution in [0.5, 0.6) is 0 Å². The molecule has 0 aliphatic carbocycles. The van der Waals surface area contributed by atoms with E-state index in [0.29, 0.717) is 11.4 Å². The minimum Gasteiger partial charge on any atom is -0.382 e. The molecule has 4 aromatic rings. The molecule has 4 rings (SSSR count). The van der Waals surface area contributed by atoms with Crippen LogP contribution in [-0.4, -0.2) is 14.6 Å². The van der Waals surface area contributed by atoms with Gasteiger partial charge in [-0.3, -0.25) is 0 Å². The molecule has 0 amide bonds. The summed E-state index contributed by atoms with van der Waals surface area (Å²) in [4.78, 5) is 4.29. The summed E-state index contributed by atoms with van der Waals surface area (Å²) in [5.74, 6) is 0.353. The van der Waals surface area contributed by atoms with E-state index in [-0.39, 0.29) is 34.5 Å². The Morgan fingerprint density at radius 3 is 1.75 bits per heavy atom. The molecule has 0 aliphatic rings. The van der Waals surface area contributed by atoms with Gasteiger partial charge in [0.1, 0.15) is 0 Å². The van der Waals surface area contributed by atoms with Crippen LogP contribution in [0.1, 0.15) is 0 Å². The number of nitrogen functional groups attached to an aromatic ring is 3. The van der Waals surface area contributed by atoms with E-state index in [1.54, 1.807) is 12.1 Å². The highest BCUT2D eigenvalue weighted by atomic mass is 15.3. The standard InChI is InChI=1S/C18H16N10/c19-15-13(25-23-11-7-3-1-4-8-11)17(21)28-18(22-15)14(16(20)27-28)26-24-12-9-5-2-6-10-12/h1-10H,21H2,(H2,19,22)(H2,20,27). The highest BCUT2D eigenvalue weighted by Crippen LogP contribution is 2.36. The number of fused-ring (bicyclic) bond motifs is 1. The van der Waals surface area contributed by atoms with Gasteiger partial charge in [0.2, 0.25) is 0 Å². The van der Waals surface area contributed by atoms with Crippen molar-refractivity contribution in [3.05, 3.63) is 60.7 Å². The SMILES string of the molecule is Nc1nc2c(N=Nc3ccccc3)c(N)nn2c(N)c1N=Nc1ccccc1. The van der Waals surface area contributed by atoms with Crippen LogP contribution in [0.25, 0.3) is 5.65 Å². The number of nitrogens with zero attached hydrogens (tertiary/aromatic N) is 7. The maximum Gasteiger partial charge on any atom is 0.189 e. The molecule has 0 saturated carbocycles. The molecule has 0 unspecified atom stereocenters. The molecule has 0 saturated heterocycles. The van der Waals surface area contributed by atoms with Crippen LogP contribution in [0.15, 0.2) is 81.1 Å². The summed E-state index contributed by atoms with van der Waals surface area (Å²) in [5, 5.41) is 20.7. The fraction of sp³-hybridized carbons (Fsp3) is 0. The topological polar surface area (TPSA) is 158 Å². The fourth-order valence-corrected chi connectivity index (χ4v) is 2.49. The van der Waals surface area contributed by atoms with Crippen molar-refractivity contribution in [2.45, 2.75) is 0 Å². The monoisotopic (exact) mass is 372 g/mol. The quantitative estimate of drug-likeness (QED) is 0.455. The molecule has 0 radical (unpaired) electrons. The van der Waals surface area contributed by atoms with Crippen LogP contribution in [0.2, 0.25) is 0 Å². The van der Waals surface area contributed by atoms with Gasteiger partial charge in [0.25, 0.3) is 0 Å². The van der Waals surface area contributed by atoms with Crippen LogP contribution >= 0.6 is 0 Å². The van der Waals surface area contributed by atoms with E-state index < -0.39 is 0 Å². The summed E-state index contributed by atoms with van der Waals surface area (Å²) in [6.45, 7) is 0. The van der Waals surface area contributed by atoms with E-state index in [4.69, 9.17) is 17.2 Å². The third kappa shape index (κ3) is 3.21. The third-order valence-corrected chi connectivity index (χ3v) is 3.85. The van der Waals surface area contributed by atoms with Crippen molar-refractivity contribution in [1.82, 2.24) is 14.6 Å². The summed E-state index contributed by atoms with van der Waals surface area (Å²) < 4.78 is 1.32.